The summed E-state index contributed by atoms with van der Waals surface area (Å²) in [6.45, 7) is 1.63. The van der Waals surface area contributed by atoms with Crippen LogP contribution in [0.2, 0.25) is 0 Å². The standard InChI is InChI=1S/C21H25N5.HI/c1-22-21(23-14-5-9-18-7-3-2-4-8-18)24-17-19-10-12-20(13-11-19)26-16-6-15-25-26;/h2-4,6-8,10-13,15-16H,5,9,14,17H2,1H3,(H2,22,23,24);1H. The lowest BCUT2D eigenvalue weighted by molar-refractivity contribution is 0.742. The SMILES string of the molecule is CN=C(NCCCc1ccccc1)NCc1ccc(-n2cccn2)cc1.I. The molecule has 0 atom stereocenters. The largest absolute Gasteiger partial charge is 0.356 e. The van der Waals surface area contributed by atoms with Crippen LogP contribution in [0.3, 0.4) is 0 Å². The summed E-state index contributed by atoms with van der Waals surface area (Å²) in [6, 6.07) is 20.8. The van der Waals surface area contributed by atoms with Gasteiger partial charge in [0.1, 0.15) is 0 Å². The molecule has 0 unspecified atom stereocenters. The highest BCUT2D eigenvalue weighted by Crippen LogP contribution is 2.08. The third-order valence-electron chi connectivity index (χ3n) is 4.17. The first-order valence-corrected chi connectivity index (χ1v) is 8.92. The summed E-state index contributed by atoms with van der Waals surface area (Å²) in [4.78, 5) is 4.29. The molecule has 2 aromatic carbocycles. The average molecular weight is 475 g/mol. The minimum Gasteiger partial charge on any atom is -0.356 e. The van der Waals surface area contributed by atoms with E-state index in [2.05, 4.69) is 75.3 Å². The zero-order valence-electron chi connectivity index (χ0n) is 15.5. The van der Waals surface area contributed by atoms with Gasteiger partial charge in [-0.15, -0.1) is 24.0 Å². The van der Waals surface area contributed by atoms with Crippen LogP contribution in [0.25, 0.3) is 5.69 Å². The molecule has 5 nitrogen and oxygen atoms in total. The van der Waals surface area contributed by atoms with E-state index < -0.39 is 0 Å². The lowest BCUT2D eigenvalue weighted by Crippen LogP contribution is -2.37. The van der Waals surface area contributed by atoms with Crippen LogP contribution >= 0.6 is 24.0 Å². The van der Waals surface area contributed by atoms with E-state index in [0.29, 0.717) is 0 Å². The Morgan fingerprint density at radius 1 is 0.963 bits per heavy atom. The molecule has 3 aromatic rings. The number of hydrogen-bond acceptors (Lipinski definition) is 2. The smallest absolute Gasteiger partial charge is 0.191 e. The van der Waals surface area contributed by atoms with Gasteiger partial charge >= 0.3 is 0 Å². The number of hydrogen-bond donors (Lipinski definition) is 2. The highest BCUT2D eigenvalue weighted by Gasteiger charge is 2.00. The van der Waals surface area contributed by atoms with Gasteiger partial charge in [-0.2, -0.15) is 5.10 Å². The van der Waals surface area contributed by atoms with Crippen molar-refractivity contribution in [3.05, 3.63) is 84.2 Å². The summed E-state index contributed by atoms with van der Waals surface area (Å²) in [7, 11) is 1.80. The van der Waals surface area contributed by atoms with Crippen LogP contribution < -0.4 is 10.6 Å². The number of halogens is 1. The zero-order chi connectivity index (χ0) is 18.0. The monoisotopic (exact) mass is 475 g/mol. The maximum atomic E-state index is 4.29. The van der Waals surface area contributed by atoms with E-state index in [4.69, 9.17) is 0 Å². The lowest BCUT2D eigenvalue weighted by Gasteiger charge is -2.12. The quantitative estimate of drug-likeness (QED) is 0.237. The van der Waals surface area contributed by atoms with Gasteiger partial charge < -0.3 is 10.6 Å². The van der Waals surface area contributed by atoms with Crippen molar-refractivity contribution in [2.75, 3.05) is 13.6 Å². The molecule has 0 aliphatic carbocycles. The number of rotatable bonds is 7. The normalized spacial score (nSPS) is 10.9. The fraction of sp³-hybridized carbons (Fsp3) is 0.238. The molecule has 27 heavy (non-hydrogen) atoms. The molecule has 0 spiro atoms. The lowest BCUT2D eigenvalue weighted by atomic mass is 10.1. The first-order chi connectivity index (χ1) is 12.8. The molecule has 0 radical (unpaired) electrons. The number of aliphatic imine (C=N–C) groups is 1. The van der Waals surface area contributed by atoms with Crippen LogP contribution in [0.4, 0.5) is 0 Å². The molecule has 0 fully saturated rings. The second-order valence-corrected chi connectivity index (χ2v) is 6.06. The van der Waals surface area contributed by atoms with Gasteiger partial charge in [0.05, 0.1) is 5.69 Å². The second-order valence-electron chi connectivity index (χ2n) is 6.06. The summed E-state index contributed by atoms with van der Waals surface area (Å²) in [5.41, 5.74) is 3.63. The Hall–Kier alpha value is -2.35. The number of benzene rings is 2. The minimum atomic E-state index is 0. The molecule has 6 heteroatoms. The fourth-order valence-corrected chi connectivity index (χ4v) is 2.74. The Balaban J connectivity index is 0.00000261. The number of guanidine groups is 1. The van der Waals surface area contributed by atoms with Crippen LogP contribution in [-0.2, 0) is 13.0 Å². The minimum absolute atomic E-state index is 0. The molecule has 3 rings (SSSR count). The van der Waals surface area contributed by atoms with Crippen molar-refractivity contribution < 1.29 is 0 Å². The van der Waals surface area contributed by atoms with Crippen molar-refractivity contribution in [3.63, 3.8) is 0 Å². The van der Waals surface area contributed by atoms with Crippen LogP contribution in [0, 0.1) is 0 Å². The van der Waals surface area contributed by atoms with Crippen molar-refractivity contribution in [3.8, 4) is 5.69 Å². The fourth-order valence-electron chi connectivity index (χ4n) is 2.74. The topological polar surface area (TPSA) is 54.2 Å². The second kappa shape index (κ2) is 11.4. The predicted octanol–water partition coefficient (Wildman–Crippen LogP) is 3.79. The van der Waals surface area contributed by atoms with Crippen molar-refractivity contribution in [1.29, 1.82) is 0 Å². The van der Waals surface area contributed by atoms with E-state index in [0.717, 1.165) is 37.6 Å². The van der Waals surface area contributed by atoms with Crippen molar-refractivity contribution in [1.82, 2.24) is 20.4 Å². The van der Waals surface area contributed by atoms with E-state index in [1.54, 1.807) is 13.2 Å². The molecular formula is C21H26IN5. The van der Waals surface area contributed by atoms with E-state index in [9.17, 15) is 0 Å². The Labute approximate surface area is 177 Å². The summed E-state index contributed by atoms with van der Waals surface area (Å²) in [5, 5.41) is 11.0. The summed E-state index contributed by atoms with van der Waals surface area (Å²) in [5.74, 6) is 0.828. The van der Waals surface area contributed by atoms with Gasteiger partial charge in [0, 0.05) is 32.5 Å². The van der Waals surface area contributed by atoms with Crippen LogP contribution in [-0.4, -0.2) is 29.3 Å². The van der Waals surface area contributed by atoms with E-state index in [1.807, 2.05) is 16.9 Å². The first kappa shape index (κ1) is 21.0. The molecule has 1 aromatic heterocycles. The Morgan fingerprint density at radius 3 is 2.41 bits per heavy atom. The maximum Gasteiger partial charge on any atom is 0.191 e. The van der Waals surface area contributed by atoms with Crippen LogP contribution in [0.5, 0.6) is 0 Å². The average Bonchev–Trinajstić information content (AvgIpc) is 3.23. The third kappa shape index (κ3) is 6.71. The van der Waals surface area contributed by atoms with E-state index >= 15 is 0 Å². The third-order valence-corrected chi connectivity index (χ3v) is 4.17. The van der Waals surface area contributed by atoms with E-state index in [1.165, 1.54) is 11.1 Å². The summed E-state index contributed by atoms with van der Waals surface area (Å²) in [6.07, 6.45) is 5.86. The highest BCUT2D eigenvalue weighted by atomic mass is 127. The first-order valence-electron chi connectivity index (χ1n) is 8.92. The molecule has 0 saturated heterocycles. The van der Waals surface area contributed by atoms with Gasteiger partial charge in [-0.05, 0) is 42.2 Å². The van der Waals surface area contributed by atoms with Gasteiger partial charge in [-0.1, -0.05) is 42.5 Å². The molecule has 2 N–H and O–H groups in total. The maximum absolute atomic E-state index is 4.29. The number of aryl methyl sites for hydroxylation is 1. The number of nitrogens with zero attached hydrogens (tertiary/aromatic N) is 3. The van der Waals surface area contributed by atoms with Gasteiger partial charge in [0.25, 0.3) is 0 Å². The van der Waals surface area contributed by atoms with Crippen molar-refractivity contribution >= 4 is 29.9 Å². The summed E-state index contributed by atoms with van der Waals surface area (Å²) >= 11 is 0. The molecule has 0 saturated carbocycles. The Morgan fingerprint density at radius 2 is 1.74 bits per heavy atom. The molecule has 0 bridgehead atoms. The molecule has 0 aliphatic heterocycles. The predicted molar refractivity (Wildman–Crippen MR) is 122 cm³/mol. The Bertz CT molecular complexity index is 798. The molecule has 1 heterocycles. The van der Waals surface area contributed by atoms with Crippen molar-refractivity contribution in [2.24, 2.45) is 4.99 Å². The molecular weight excluding hydrogens is 449 g/mol. The van der Waals surface area contributed by atoms with Gasteiger partial charge in [-0.3, -0.25) is 4.99 Å². The van der Waals surface area contributed by atoms with Gasteiger partial charge in [0.2, 0.25) is 0 Å². The number of nitrogens with one attached hydrogen (secondary N) is 2. The van der Waals surface area contributed by atoms with Crippen LogP contribution in [0.15, 0.2) is 78.0 Å². The summed E-state index contributed by atoms with van der Waals surface area (Å²) < 4.78 is 1.85. The van der Waals surface area contributed by atoms with Gasteiger partial charge in [-0.25, -0.2) is 4.68 Å². The van der Waals surface area contributed by atoms with Crippen molar-refractivity contribution in [2.45, 2.75) is 19.4 Å². The molecule has 0 aliphatic rings. The Kier molecular flexibility index (Phi) is 8.83. The van der Waals surface area contributed by atoms with Gasteiger partial charge in [0.15, 0.2) is 5.96 Å². The molecule has 0 amide bonds. The number of aromatic nitrogens is 2. The van der Waals surface area contributed by atoms with E-state index in [-0.39, 0.29) is 24.0 Å². The highest BCUT2D eigenvalue weighted by molar-refractivity contribution is 14.0. The molecule has 142 valence electrons. The zero-order valence-corrected chi connectivity index (χ0v) is 17.8. The van der Waals surface area contributed by atoms with Crippen LogP contribution in [0.1, 0.15) is 17.5 Å².